The van der Waals surface area contributed by atoms with Gasteiger partial charge in [-0.3, -0.25) is 4.79 Å². The van der Waals surface area contributed by atoms with Crippen LogP contribution in [0, 0.1) is 5.92 Å². The molecule has 0 unspecified atom stereocenters. The van der Waals surface area contributed by atoms with E-state index in [-0.39, 0.29) is 17.9 Å². The van der Waals surface area contributed by atoms with Crippen LogP contribution in [0.4, 0.5) is 10.5 Å². The Morgan fingerprint density at radius 2 is 1.91 bits per heavy atom. The minimum absolute atomic E-state index is 0.0557. The second-order valence-corrected chi connectivity index (χ2v) is 6.08. The number of urea groups is 1. The lowest BCUT2D eigenvalue weighted by molar-refractivity contribution is -0.120. The average Bonchev–Trinajstić information content (AvgIpc) is 2.90. The van der Waals surface area contributed by atoms with Crippen LogP contribution in [0.2, 0.25) is 0 Å². The molecule has 0 aliphatic carbocycles. The SMILES string of the molecule is O=C1N[C@H]([C@@H]2CCCOC2)C(=O)N1c1cccc2ccccc12. The lowest BCUT2D eigenvalue weighted by Gasteiger charge is -2.25. The van der Waals surface area contributed by atoms with E-state index in [1.54, 1.807) is 0 Å². The van der Waals surface area contributed by atoms with Crippen molar-refractivity contribution >= 4 is 28.4 Å². The van der Waals surface area contributed by atoms with Crippen LogP contribution in [0.15, 0.2) is 42.5 Å². The zero-order valence-electron chi connectivity index (χ0n) is 12.7. The summed E-state index contributed by atoms with van der Waals surface area (Å²) in [6.45, 7) is 1.26. The van der Waals surface area contributed by atoms with Crippen LogP contribution in [0.25, 0.3) is 10.8 Å². The van der Waals surface area contributed by atoms with Crippen molar-refractivity contribution < 1.29 is 14.3 Å². The molecule has 2 heterocycles. The first kappa shape index (κ1) is 14.2. The molecule has 0 aromatic heterocycles. The number of carbonyl (C=O) groups excluding carboxylic acids is 2. The van der Waals surface area contributed by atoms with Gasteiger partial charge >= 0.3 is 6.03 Å². The highest BCUT2D eigenvalue weighted by atomic mass is 16.5. The Kier molecular flexibility index (Phi) is 3.50. The summed E-state index contributed by atoms with van der Waals surface area (Å²) in [6.07, 6.45) is 1.83. The standard InChI is InChI=1S/C18H18N2O3/c21-17-16(13-7-4-10-23-11-13)19-18(22)20(17)15-9-3-6-12-5-1-2-8-14(12)15/h1-3,5-6,8-9,13,16H,4,7,10-11H2,(H,19,22)/t13-,16-/m1/s1. The van der Waals surface area contributed by atoms with E-state index in [9.17, 15) is 9.59 Å². The molecule has 2 aliphatic rings. The third-order valence-corrected chi connectivity index (χ3v) is 4.64. The van der Waals surface area contributed by atoms with Gasteiger partial charge in [-0.05, 0) is 24.3 Å². The van der Waals surface area contributed by atoms with Crippen LogP contribution >= 0.6 is 0 Å². The highest BCUT2D eigenvalue weighted by Gasteiger charge is 2.44. The molecule has 2 aromatic rings. The number of ether oxygens (including phenoxy) is 1. The first-order valence-corrected chi connectivity index (χ1v) is 7.95. The zero-order valence-corrected chi connectivity index (χ0v) is 12.7. The molecule has 1 N–H and O–H groups in total. The number of fused-ring (bicyclic) bond motifs is 1. The van der Waals surface area contributed by atoms with E-state index < -0.39 is 6.04 Å². The van der Waals surface area contributed by atoms with E-state index in [1.165, 1.54) is 4.90 Å². The number of nitrogens with zero attached hydrogens (tertiary/aromatic N) is 1. The lowest BCUT2D eigenvalue weighted by atomic mass is 9.93. The summed E-state index contributed by atoms with van der Waals surface area (Å²) in [7, 11) is 0. The first-order chi connectivity index (χ1) is 11.3. The highest BCUT2D eigenvalue weighted by Crippen LogP contribution is 2.31. The van der Waals surface area contributed by atoms with Crippen molar-refractivity contribution in [1.29, 1.82) is 0 Å². The average molecular weight is 310 g/mol. The fourth-order valence-corrected chi connectivity index (χ4v) is 3.48. The third-order valence-electron chi connectivity index (χ3n) is 4.64. The maximum absolute atomic E-state index is 12.8. The van der Waals surface area contributed by atoms with E-state index in [0.29, 0.717) is 12.3 Å². The van der Waals surface area contributed by atoms with Gasteiger partial charge < -0.3 is 10.1 Å². The summed E-state index contributed by atoms with van der Waals surface area (Å²) in [6, 6.07) is 12.6. The third kappa shape index (κ3) is 2.37. The second kappa shape index (κ2) is 5.66. The van der Waals surface area contributed by atoms with Gasteiger partial charge in [-0.1, -0.05) is 36.4 Å². The van der Waals surface area contributed by atoms with Crippen LogP contribution in [0.1, 0.15) is 12.8 Å². The molecule has 0 saturated carbocycles. The minimum Gasteiger partial charge on any atom is -0.381 e. The van der Waals surface area contributed by atoms with Crippen LogP contribution < -0.4 is 10.2 Å². The maximum atomic E-state index is 12.8. The van der Waals surface area contributed by atoms with Gasteiger partial charge in [0.05, 0.1) is 12.3 Å². The van der Waals surface area contributed by atoms with E-state index in [2.05, 4.69) is 5.32 Å². The summed E-state index contributed by atoms with van der Waals surface area (Å²) >= 11 is 0. The Bertz CT molecular complexity index is 762. The molecule has 2 aromatic carbocycles. The summed E-state index contributed by atoms with van der Waals surface area (Å²) in [4.78, 5) is 26.6. The van der Waals surface area contributed by atoms with Crippen molar-refractivity contribution in [3.05, 3.63) is 42.5 Å². The number of carbonyl (C=O) groups is 2. The predicted octanol–water partition coefficient (Wildman–Crippen LogP) is 2.69. The minimum atomic E-state index is -0.484. The highest BCUT2D eigenvalue weighted by molar-refractivity contribution is 6.24. The first-order valence-electron chi connectivity index (χ1n) is 7.95. The molecule has 2 fully saturated rings. The molecule has 118 valence electrons. The molecule has 2 atom stereocenters. The van der Waals surface area contributed by atoms with Gasteiger partial charge in [0.1, 0.15) is 6.04 Å². The normalized spacial score (nSPS) is 25.0. The Labute approximate surface area is 134 Å². The number of imide groups is 1. The van der Waals surface area contributed by atoms with Gasteiger partial charge in [-0.15, -0.1) is 0 Å². The second-order valence-electron chi connectivity index (χ2n) is 6.08. The number of amides is 3. The Morgan fingerprint density at radius 3 is 2.74 bits per heavy atom. The number of hydrogen-bond acceptors (Lipinski definition) is 3. The smallest absolute Gasteiger partial charge is 0.329 e. The van der Waals surface area contributed by atoms with Gasteiger partial charge in [0.15, 0.2) is 0 Å². The van der Waals surface area contributed by atoms with Crippen LogP contribution in [-0.2, 0) is 9.53 Å². The topological polar surface area (TPSA) is 58.6 Å². The molecular formula is C18H18N2O3. The lowest BCUT2D eigenvalue weighted by Crippen LogP contribution is -2.41. The molecule has 0 bridgehead atoms. The molecule has 2 saturated heterocycles. The number of rotatable bonds is 2. The molecule has 0 radical (unpaired) electrons. The van der Waals surface area contributed by atoms with Crippen molar-refractivity contribution in [1.82, 2.24) is 5.32 Å². The molecule has 5 nitrogen and oxygen atoms in total. The molecule has 3 amide bonds. The number of anilines is 1. The van der Waals surface area contributed by atoms with Crippen molar-refractivity contribution in [2.75, 3.05) is 18.1 Å². The van der Waals surface area contributed by atoms with Crippen LogP contribution in [-0.4, -0.2) is 31.2 Å². The summed E-state index contributed by atoms with van der Waals surface area (Å²) in [5.41, 5.74) is 0.643. The molecular weight excluding hydrogens is 292 g/mol. The maximum Gasteiger partial charge on any atom is 0.329 e. The van der Waals surface area contributed by atoms with Crippen molar-refractivity contribution in [2.24, 2.45) is 5.92 Å². The Balaban J connectivity index is 1.71. The van der Waals surface area contributed by atoms with Gasteiger partial charge in [0, 0.05) is 17.9 Å². The van der Waals surface area contributed by atoms with Gasteiger partial charge in [-0.2, -0.15) is 0 Å². The summed E-state index contributed by atoms with van der Waals surface area (Å²) in [5.74, 6) is -0.123. The molecule has 4 rings (SSSR count). The monoisotopic (exact) mass is 310 g/mol. The van der Waals surface area contributed by atoms with Crippen LogP contribution in [0.5, 0.6) is 0 Å². The van der Waals surface area contributed by atoms with Gasteiger partial charge in [0.25, 0.3) is 5.91 Å². The van der Waals surface area contributed by atoms with E-state index in [1.807, 2.05) is 42.5 Å². The molecule has 2 aliphatic heterocycles. The molecule has 5 heteroatoms. The van der Waals surface area contributed by atoms with Crippen molar-refractivity contribution in [2.45, 2.75) is 18.9 Å². The zero-order chi connectivity index (χ0) is 15.8. The van der Waals surface area contributed by atoms with Gasteiger partial charge in [-0.25, -0.2) is 9.69 Å². The largest absolute Gasteiger partial charge is 0.381 e. The van der Waals surface area contributed by atoms with Gasteiger partial charge in [0.2, 0.25) is 0 Å². The fraction of sp³-hybridized carbons (Fsp3) is 0.333. The molecule has 23 heavy (non-hydrogen) atoms. The van der Waals surface area contributed by atoms with Crippen molar-refractivity contribution in [3.63, 3.8) is 0 Å². The quantitative estimate of drug-likeness (QED) is 0.868. The molecule has 0 spiro atoms. The number of nitrogens with one attached hydrogen (secondary N) is 1. The predicted molar refractivity (Wildman–Crippen MR) is 87.3 cm³/mol. The van der Waals surface area contributed by atoms with E-state index >= 15 is 0 Å². The van der Waals surface area contributed by atoms with Crippen molar-refractivity contribution in [3.8, 4) is 0 Å². The fourth-order valence-electron chi connectivity index (χ4n) is 3.48. The Morgan fingerprint density at radius 1 is 1.09 bits per heavy atom. The Hall–Kier alpha value is -2.40. The van der Waals surface area contributed by atoms with E-state index in [4.69, 9.17) is 4.74 Å². The number of benzene rings is 2. The number of hydrogen-bond donors (Lipinski definition) is 1. The van der Waals surface area contributed by atoms with E-state index in [0.717, 1.165) is 30.2 Å². The summed E-state index contributed by atoms with van der Waals surface area (Å²) in [5, 5.41) is 4.76. The van der Waals surface area contributed by atoms with Crippen LogP contribution in [0.3, 0.4) is 0 Å². The summed E-state index contributed by atoms with van der Waals surface area (Å²) < 4.78 is 5.47.